The molecule has 20 heavy (non-hydrogen) atoms. The Morgan fingerprint density at radius 1 is 1.25 bits per heavy atom. The van der Waals surface area contributed by atoms with Crippen LogP contribution in [0.15, 0.2) is 39.7 Å². The predicted octanol–water partition coefficient (Wildman–Crippen LogP) is 0.387. The molecule has 0 saturated carbocycles. The number of rotatable bonds is 5. The summed E-state index contributed by atoms with van der Waals surface area (Å²) in [5.41, 5.74) is 7.72. The van der Waals surface area contributed by atoms with Crippen molar-refractivity contribution in [3.8, 4) is 0 Å². The van der Waals surface area contributed by atoms with Crippen LogP contribution in [0.3, 0.4) is 0 Å². The van der Waals surface area contributed by atoms with Gasteiger partial charge in [0, 0.05) is 19.2 Å². The monoisotopic (exact) mass is 273 g/mol. The average molecular weight is 273 g/mol. The second kappa shape index (κ2) is 5.30. The molecule has 0 aliphatic rings. The van der Waals surface area contributed by atoms with Crippen LogP contribution in [0.2, 0.25) is 0 Å². The van der Waals surface area contributed by atoms with Crippen LogP contribution in [0.4, 0.5) is 0 Å². The number of hydrogen-bond donors (Lipinski definition) is 1. The third-order valence-corrected chi connectivity index (χ3v) is 3.11. The maximum absolute atomic E-state index is 11.8. The molecule has 0 radical (unpaired) electrons. The first-order chi connectivity index (χ1) is 9.78. The first-order valence-corrected chi connectivity index (χ1v) is 6.45. The summed E-state index contributed by atoms with van der Waals surface area (Å²) in [7, 11) is 0. The molecule has 2 aromatic heterocycles. The van der Waals surface area contributed by atoms with Crippen LogP contribution in [0, 0.1) is 0 Å². The highest BCUT2D eigenvalue weighted by Crippen LogP contribution is 2.11. The molecule has 0 spiro atoms. The van der Waals surface area contributed by atoms with Gasteiger partial charge >= 0.3 is 5.76 Å². The largest absolute Gasteiger partial charge is 0.420 e. The van der Waals surface area contributed by atoms with Crippen molar-refractivity contribution >= 4 is 11.1 Å². The fourth-order valence-corrected chi connectivity index (χ4v) is 2.14. The Morgan fingerprint density at radius 2 is 2.10 bits per heavy atom. The minimum Gasteiger partial charge on any atom is -0.408 e. The smallest absolute Gasteiger partial charge is 0.408 e. The number of benzene rings is 1. The quantitative estimate of drug-likeness (QED) is 0.726. The highest BCUT2D eigenvalue weighted by Gasteiger charge is 2.08. The Labute approximate surface area is 114 Å². The molecule has 104 valence electrons. The van der Waals surface area contributed by atoms with Gasteiger partial charge in [0.25, 0.3) is 0 Å². The van der Waals surface area contributed by atoms with Gasteiger partial charge in [-0.05, 0) is 18.7 Å². The lowest BCUT2D eigenvalue weighted by Gasteiger charge is -2.01. The molecule has 2 heterocycles. The summed E-state index contributed by atoms with van der Waals surface area (Å²) in [6.45, 7) is 1.59. The number of nitrogens with zero attached hydrogens (tertiary/aromatic N) is 4. The summed E-state index contributed by atoms with van der Waals surface area (Å²) in [5.74, 6) is -0.353. The van der Waals surface area contributed by atoms with Crippen molar-refractivity contribution in [3.05, 3.63) is 46.7 Å². The molecule has 7 nitrogen and oxygen atoms in total. The summed E-state index contributed by atoms with van der Waals surface area (Å²) < 4.78 is 8.48. The first kappa shape index (κ1) is 12.6. The van der Waals surface area contributed by atoms with E-state index in [0.29, 0.717) is 31.6 Å². The summed E-state index contributed by atoms with van der Waals surface area (Å²) in [4.78, 5) is 11.8. The maximum atomic E-state index is 11.8. The van der Waals surface area contributed by atoms with E-state index in [9.17, 15) is 4.79 Å². The van der Waals surface area contributed by atoms with E-state index >= 15 is 0 Å². The van der Waals surface area contributed by atoms with Crippen molar-refractivity contribution in [2.75, 3.05) is 6.54 Å². The van der Waals surface area contributed by atoms with Gasteiger partial charge in [-0.3, -0.25) is 9.25 Å². The zero-order valence-corrected chi connectivity index (χ0v) is 10.9. The van der Waals surface area contributed by atoms with Crippen molar-refractivity contribution in [1.29, 1.82) is 0 Å². The van der Waals surface area contributed by atoms with Crippen LogP contribution in [0.1, 0.15) is 5.69 Å². The van der Waals surface area contributed by atoms with Gasteiger partial charge in [0.2, 0.25) is 0 Å². The molecule has 2 N–H and O–H groups in total. The zero-order valence-electron chi connectivity index (χ0n) is 10.9. The minimum atomic E-state index is -0.353. The molecule has 0 aliphatic heterocycles. The lowest BCUT2D eigenvalue weighted by Crippen LogP contribution is -2.18. The third-order valence-electron chi connectivity index (χ3n) is 3.11. The number of aryl methyl sites for hydroxylation is 2. The maximum Gasteiger partial charge on any atom is 0.420 e. The number of nitrogens with two attached hydrogens (primary N) is 1. The average Bonchev–Trinajstić information content (AvgIpc) is 3.01. The van der Waals surface area contributed by atoms with Gasteiger partial charge in [-0.1, -0.05) is 17.3 Å². The second-order valence-corrected chi connectivity index (χ2v) is 4.50. The van der Waals surface area contributed by atoms with Crippen molar-refractivity contribution in [2.24, 2.45) is 5.73 Å². The Hall–Kier alpha value is -2.41. The zero-order chi connectivity index (χ0) is 13.9. The lowest BCUT2D eigenvalue weighted by molar-refractivity contribution is 0.466. The predicted molar refractivity (Wildman–Crippen MR) is 73.3 cm³/mol. The molecule has 7 heteroatoms. The lowest BCUT2D eigenvalue weighted by atomic mass is 10.3. The minimum absolute atomic E-state index is 0.353. The molecule has 1 aromatic carbocycles. The van der Waals surface area contributed by atoms with Gasteiger partial charge in [0.05, 0.1) is 17.8 Å². The molecule has 0 saturated heterocycles. The fourth-order valence-electron chi connectivity index (χ4n) is 2.14. The molecule has 0 fully saturated rings. The van der Waals surface area contributed by atoms with Gasteiger partial charge < -0.3 is 10.2 Å². The molecule has 0 atom stereocenters. The number of fused-ring (bicyclic) bond motifs is 1. The molecule has 0 bridgehead atoms. The van der Waals surface area contributed by atoms with Crippen LogP contribution in [-0.2, 0) is 19.5 Å². The van der Waals surface area contributed by atoms with Crippen molar-refractivity contribution in [2.45, 2.75) is 19.5 Å². The van der Waals surface area contributed by atoms with E-state index in [0.717, 1.165) is 11.2 Å². The van der Waals surface area contributed by atoms with Crippen LogP contribution in [0.25, 0.3) is 11.1 Å². The summed E-state index contributed by atoms with van der Waals surface area (Å²) >= 11 is 0. The van der Waals surface area contributed by atoms with Crippen LogP contribution in [0.5, 0.6) is 0 Å². The molecular weight excluding hydrogens is 258 g/mol. The van der Waals surface area contributed by atoms with E-state index in [1.165, 1.54) is 0 Å². The van der Waals surface area contributed by atoms with Gasteiger partial charge in [0.15, 0.2) is 5.58 Å². The SMILES string of the molecule is NCCc1cn(CCn2c(=O)oc3ccccc32)nn1. The number of hydrogen-bond acceptors (Lipinski definition) is 5. The van der Waals surface area contributed by atoms with Crippen LogP contribution in [-0.4, -0.2) is 26.1 Å². The number of oxazole rings is 1. The second-order valence-electron chi connectivity index (χ2n) is 4.50. The van der Waals surface area contributed by atoms with E-state index in [1.54, 1.807) is 15.3 Å². The summed E-state index contributed by atoms with van der Waals surface area (Å²) in [5, 5.41) is 8.02. The topological polar surface area (TPSA) is 91.9 Å². The van der Waals surface area contributed by atoms with Crippen molar-refractivity contribution < 1.29 is 4.42 Å². The Morgan fingerprint density at radius 3 is 2.95 bits per heavy atom. The van der Waals surface area contributed by atoms with Gasteiger partial charge in [-0.15, -0.1) is 5.10 Å². The van der Waals surface area contributed by atoms with E-state index in [-0.39, 0.29) is 5.76 Å². The van der Waals surface area contributed by atoms with Gasteiger partial charge in [-0.25, -0.2) is 4.79 Å². The fraction of sp³-hybridized carbons (Fsp3) is 0.308. The molecule has 0 unspecified atom stereocenters. The van der Waals surface area contributed by atoms with Crippen LogP contribution < -0.4 is 11.5 Å². The highest BCUT2D eigenvalue weighted by atomic mass is 16.4. The van der Waals surface area contributed by atoms with E-state index in [4.69, 9.17) is 10.2 Å². The normalized spacial score (nSPS) is 11.2. The molecular formula is C13H15N5O2. The van der Waals surface area contributed by atoms with Gasteiger partial charge in [0.1, 0.15) is 0 Å². The molecule has 0 aliphatic carbocycles. The van der Waals surface area contributed by atoms with E-state index in [2.05, 4.69) is 10.3 Å². The molecule has 3 aromatic rings. The number of para-hydroxylation sites is 2. The van der Waals surface area contributed by atoms with E-state index < -0.39 is 0 Å². The van der Waals surface area contributed by atoms with Crippen LogP contribution >= 0.6 is 0 Å². The first-order valence-electron chi connectivity index (χ1n) is 6.45. The number of aromatic nitrogens is 4. The highest BCUT2D eigenvalue weighted by molar-refractivity contribution is 5.72. The Balaban J connectivity index is 1.79. The summed E-state index contributed by atoms with van der Waals surface area (Å²) in [6.07, 6.45) is 2.55. The van der Waals surface area contributed by atoms with Gasteiger partial charge in [-0.2, -0.15) is 0 Å². The van der Waals surface area contributed by atoms with E-state index in [1.807, 2.05) is 24.4 Å². The molecule has 0 amide bonds. The van der Waals surface area contributed by atoms with Crippen molar-refractivity contribution in [1.82, 2.24) is 19.6 Å². The Kier molecular flexibility index (Phi) is 3.34. The van der Waals surface area contributed by atoms with Crippen molar-refractivity contribution in [3.63, 3.8) is 0 Å². The summed E-state index contributed by atoms with van der Waals surface area (Å²) in [6, 6.07) is 7.36. The standard InChI is InChI=1S/C13H15N5O2/c14-6-5-10-9-17(16-15-10)7-8-18-11-3-1-2-4-12(11)20-13(18)19/h1-4,9H,5-8,14H2. The molecule has 3 rings (SSSR count). The third kappa shape index (κ3) is 2.35. The Bertz CT molecular complexity index is 770.